The normalized spacial score (nSPS) is 12.7. The van der Waals surface area contributed by atoms with Gasteiger partial charge < -0.3 is 5.11 Å². The van der Waals surface area contributed by atoms with E-state index in [9.17, 15) is 5.11 Å². The molecule has 0 radical (unpaired) electrons. The van der Waals surface area contributed by atoms with E-state index in [1.54, 1.807) is 11.3 Å². The second-order valence-corrected chi connectivity index (χ2v) is 5.69. The SMILES string of the molecule is Cc1ccc(C(O)Cc2cccs2)cc1Br. The van der Waals surface area contributed by atoms with E-state index in [1.165, 1.54) is 10.4 Å². The maximum absolute atomic E-state index is 10.1. The van der Waals surface area contributed by atoms with Gasteiger partial charge in [0.05, 0.1) is 6.10 Å². The summed E-state index contributed by atoms with van der Waals surface area (Å²) in [6.45, 7) is 2.04. The minimum absolute atomic E-state index is 0.421. The van der Waals surface area contributed by atoms with Gasteiger partial charge in [0.25, 0.3) is 0 Å². The molecule has 0 aliphatic rings. The molecule has 84 valence electrons. The Balaban J connectivity index is 2.14. The molecule has 2 aromatic rings. The zero-order chi connectivity index (χ0) is 11.5. The van der Waals surface area contributed by atoms with Gasteiger partial charge in [0, 0.05) is 15.8 Å². The van der Waals surface area contributed by atoms with E-state index in [1.807, 2.05) is 36.6 Å². The quantitative estimate of drug-likeness (QED) is 0.904. The van der Waals surface area contributed by atoms with Crippen molar-refractivity contribution in [3.05, 3.63) is 56.2 Å². The summed E-state index contributed by atoms with van der Waals surface area (Å²) in [5.41, 5.74) is 2.15. The number of aryl methyl sites for hydroxylation is 1. The standard InChI is InChI=1S/C13H13BrOS/c1-9-4-5-10(7-12(9)14)13(15)8-11-3-2-6-16-11/h2-7,13,15H,8H2,1H3. The van der Waals surface area contributed by atoms with Crippen molar-refractivity contribution in [1.29, 1.82) is 0 Å². The Morgan fingerprint density at radius 1 is 1.38 bits per heavy atom. The van der Waals surface area contributed by atoms with Crippen LogP contribution in [-0.4, -0.2) is 5.11 Å². The Hall–Kier alpha value is -0.640. The highest BCUT2D eigenvalue weighted by Gasteiger charge is 2.10. The maximum atomic E-state index is 10.1. The van der Waals surface area contributed by atoms with E-state index in [2.05, 4.69) is 22.0 Å². The van der Waals surface area contributed by atoms with E-state index in [0.29, 0.717) is 6.42 Å². The zero-order valence-corrected chi connectivity index (χ0v) is 11.4. The van der Waals surface area contributed by atoms with Gasteiger partial charge in [-0.25, -0.2) is 0 Å². The highest BCUT2D eigenvalue weighted by Crippen LogP contribution is 2.25. The van der Waals surface area contributed by atoms with Crippen molar-refractivity contribution < 1.29 is 5.11 Å². The first kappa shape index (κ1) is 11.8. The Labute approximate surface area is 108 Å². The molecule has 0 bridgehead atoms. The molecule has 0 saturated carbocycles. The summed E-state index contributed by atoms with van der Waals surface area (Å²) < 4.78 is 1.05. The number of benzene rings is 1. The molecule has 1 nitrogen and oxygen atoms in total. The first-order chi connectivity index (χ1) is 7.66. The van der Waals surface area contributed by atoms with Crippen LogP contribution in [0.25, 0.3) is 0 Å². The van der Waals surface area contributed by atoms with E-state index in [0.717, 1.165) is 10.0 Å². The summed E-state index contributed by atoms with van der Waals surface area (Å²) in [6, 6.07) is 10.1. The van der Waals surface area contributed by atoms with Gasteiger partial charge in [-0.05, 0) is 35.6 Å². The summed E-state index contributed by atoms with van der Waals surface area (Å²) >= 11 is 5.17. The Bertz CT molecular complexity index is 465. The predicted molar refractivity (Wildman–Crippen MR) is 71.9 cm³/mol. The molecule has 1 atom stereocenters. The van der Waals surface area contributed by atoms with Crippen LogP contribution in [0.2, 0.25) is 0 Å². The molecular weight excluding hydrogens is 284 g/mol. The van der Waals surface area contributed by atoms with Crippen molar-refractivity contribution in [2.45, 2.75) is 19.4 Å². The van der Waals surface area contributed by atoms with Crippen LogP contribution < -0.4 is 0 Å². The number of rotatable bonds is 3. The number of hydrogen-bond donors (Lipinski definition) is 1. The summed E-state index contributed by atoms with van der Waals surface area (Å²) in [7, 11) is 0. The molecule has 1 unspecified atom stereocenters. The molecule has 3 heteroatoms. The fourth-order valence-corrected chi connectivity index (χ4v) is 2.69. The molecule has 0 amide bonds. The van der Waals surface area contributed by atoms with E-state index in [4.69, 9.17) is 0 Å². The van der Waals surface area contributed by atoms with E-state index >= 15 is 0 Å². The number of aliphatic hydroxyl groups is 1. The van der Waals surface area contributed by atoms with Crippen molar-refractivity contribution >= 4 is 27.3 Å². The number of aliphatic hydroxyl groups excluding tert-OH is 1. The molecule has 0 saturated heterocycles. The lowest BCUT2D eigenvalue weighted by Gasteiger charge is -2.11. The number of hydrogen-bond acceptors (Lipinski definition) is 2. The van der Waals surface area contributed by atoms with Crippen LogP contribution >= 0.6 is 27.3 Å². The van der Waals surface area contributed by atoms with Gasteiger partial charge in [-0.2, -0.15) is 0 Å². The first-order valence-electron chi connectivity index (χ1n) is 5.13. The van der Waals surface area contributed by atoms with Gasteiger partial charge in [-0.3, -0.25) is 0 Å². The molecule has 1 N–H and O–H groups in total. The summed E-state index contributed by atoms with van der Waals surface area (Å²) in [5.74, 6) is 0. The van der Waals surface area contributed by atoms with E-state index in [-0.39, 0.29) is 0 Å². The third kappa shape index (κ3) is 2.73. The maximum Gasteiger partial charge on any atom is 0.0838 e. The van der Waals surface area contributed by atoms with Gasteiger partial charge in [0.1, 0.15) is 0 Å². The Morgan fingerprint density at radius 2 is 2.19 bits per heavy atom. The van der Waals surface area contributed by atoms with Crippen LogP contribution in [0.3, 0.4) is 0 Å². The fraction of sp³-hybridized carbons (Fsp3) is 0.231. The molecular formula is C13H13BrOS. The topological polar surface area (TPSA) is 20.2 Å². The summed E-state index contributed by atoms with van der Waals surface area (Å²) in [5, 5.41) is 12.1. The van der Waals surface area contributed by atoms with Crippen LogP contribution in [-0.2, 0) is 6.42 Å². The average molecular weight is 297 g/mol. The van der Waals surface area contributed by atoms with Crippen molar-refractivity contribution in [2.24, 2.45) is 0 Å². The van der Waals surface area contributed by atoms with Gasteiger partial charge in [-0.1, -0.05) is 34.1 Å². The minimum atomic E-state index is -0.421. The molecule has 0 fully saturated rings. The summed E-state index contributed by atoms with van der Waals surface area (Å²) in [4.78, 5) is 1.21. The third-order valence-electron chi connectivity index (χ3n) is 2.56. The van der Waals surface area contributed by atoms with Crippen LogP contribution in [0.1, 0.15) is 22.1 Å². The smallest absolute Gasteiger partial charge is 0.0838 e. The molecule has 16 heavy (non-hydrogen) atoms. The lowest BCUT2D eigenvalue weighted by molar-refractivity contribution is 0.179. The second-order valence-electron chi connectivity index (χ2n) is 3.81. The molecule has 0 spiro atoms. The lowest BCUT2D eigenvalue weighted by Crippen LogP contribution is -2.00. The van der Waals surface area contributed by atoms with Crippen molar-refractivity contribution in [2.75, 3.05) is 0 Å². The van der Waals surface area contributed by atoms with E-state index < -0.39 is 6.10 Å². The Kier molecular flexibility index (Phi) is 3.79. The first-order valence-corrected chi connectivity index (χ1v) is 6.80. The van der Waals surface area contributed by atoms with Gasteiger partial charge in [0.2, 0.25) is 0 Å². The van der Waals surface area contributed by atoms with Gasteiger partial charge in [-0.15, -0.1) is 11.3 Å². The molecule has 0 aliphatic heterocycles. The predicted octanol–water partition coefficient (Wildman–Crippen LogP) is 4.10. The van der Waals surface area contributed by atoms with Crippen molar-refractivity contribution in [3.8, 4) is 0 Å². The molecule has 0 aliphatic carbocycles. The minimum Gasteiger partial charge on any atom is -0.388 e. The number of thiophene rings is 1. The highest BCUT2D eigenvalue weighted by molar-refractivity contribution is 9.10. The Morgan fingerprint density at radius 3 is 2.81 bits per heavy atom. The summed E-state index contributed by atoms with van der Waals surface area (Å²) in [6.07, 6.45) is 0.267. The molecule has 1 aromatic heterocycles. The zero-order valence-electron chi connectivity index (χ0n) is 8.98. The van der Waals surface area contributed by atoms with Crippen LogP contribution in [0.15, 0.2) is 40.2 Å². The number of halogens is 1. The van der Waals surface area contributed by atoms with Crippen molar-refractivity contribution in [3.63, 3.8) is 0 Å². The van der Waals surface area contributed by atoms with Crippen LogP contribution in [0.4, 0.5) is 0 Å². The highest BCUT2D eigenvalue weighted by atomic mass is 79.9. The largest absolute Gasteiger partial charge is 0.388 e. The monoisotopic (exact) mass is 296 g/mol. The average Bonchev–Trinajstić information content (AvgIpc) is 2.74. The fourth-order valence-electron chi connectivity index (χ4n) is 1.55. The molecule has 1 aromatic carbocycles. The second kappa shape index (κ2) is 5.13. The third-order valence-corrected chi connectivity index (χ3v) is 4.31. The molecule has 2 rings (SSSR count). The van der Waals surface area contributed by atoms with Gasteiger partial charge in [0.15, 0.2) is 0 Å². The molecule has 1 heterocycles. The van der Waals surface area contributed by atoms with Gasteiger partial charge >= 0.3 is 0 Å². The van der Waals surface area contributed by atoms with Crippen molar-refractivity contribution in [1.82, 2.24) is 0 Å². The van der Waals surface area contributed by atoms with Crippen LogP contribution in [0.5, 0.6) is 0 Å². The van der Waals surface area contributed by atoms with Crippen LogP contribution in [0, 0.1) is 6.92 Å². The lowest BCUT2D eigenvalue weighted by atomic mass is 10.0.